The third kappa shape index (κ3) is 2.01. The summed E-state index contributed by atoms with van der Waals surface area (Å²) in [6, 6.07) is 5.29. The van der Waals surface area contributed by atoms with Crippen LogP contribution in [0.5, 0.6) is 0 Å². The van der Waals surface area contributed by atoms with E-state index in [2.05, 4.69) is 4.90 Å². The molecule has 1 aromatic heterocycles. The summed E-state index contributed by atoms with van der Waals surface area (Å²) in [6.45, 7) is 3.82. The summed E-state index contributed by atoms with van der Waals surface area (Å²) in [5.74, 6) is -0.296. The average Bonchev–Trinajstić information content (AvgIpc) is 2.94. The zero-order chi connectivity index (χ0) is 12.5. The maximum absolute atomic E-state index is 11.8. The van der Waals surface area contributed by atoms with Crippen LogP contribution in [0.2, 0.25) is 0 Å². The van der Waals surface area contributed by atoms with Crippen LogP contribution < -0.4 is 11.5 Å². The van der Waals surface area contributed by atoms with Crippen LogP contribution in [-0.4, -0.2) is 29.1 Å². The van der Waals surface area contributed by atoms with E-state index >= 15 is 0 Å². The molecule has 5 nitrogen and oxygen atoms in total. The van der Waals surface area contributed by atoms with E-state index < -0.39 is 0 Å². The van der Waals surface area contributed by atoms with Crippen molar-refractivity contribution in [2.75, 3.05) is 25.4 Å². The lowest BCUT2D eigenvalue weighted by atomic mass is 10.3. The number of hydrogen-bond donors (Lipinski definition) is 1. The fourth-order valence-electron chi connectivity index (χ4n) is 2.54. The number of nitrogens with two attached hydrogens (primary N) is 1. The van der Waals surface area contributed by atoms with E-state index in [1.54, 1.807) is 22.8 Å². The van der Waals surface area contributed by atoms with E-state index in [-0.39, 0.29) is 5.76 Å². The zero-order valence-corrected chi connectivity index (χ0v) is 10.3. The summed E-state index contributed by atoms with van der Waals surface area (Å²) in [7, 11) is 0. The van der Waals surface area contributed by atoms with Gasteiger partial charge in [0.25, 0.3) is 0 Å². The van der Waals surface area contributed by atoms with Crippen molar-refractivity contribution in [1.29, 1.82) is 0 Å². The molecule has 1 aromatic carbocycles. The number of nitrogen functional groups attached to an aromatic ring is 1. The highest BCUT2D eigenvalue weighted by Crippen LogP contribution is 2.16. The summed E-state index contributed by atoms with van der Waals surface area (Å²) in [4.78, 5) is 14.2. The molecule has 0 radical (unpaired) electrons. The molecule has 96 valence electrons. The van der Waals surface area contributed by atoms with Gasteiger partial charge in [0.2, 0.25) is 0 Å². The van der Waals surface area contributed by atoms with E-state index in [9.17, 15) is 4.79 Å². The number of anilines is 1. The first kappa shape index (κ1) is 11.3. The molecule has 0 bridgehead atoms. The number of nitrogens with zero attached hydrogens (tertiary/aromatic N) is 2. The monoisotopic (exact) mass is 247 g/mol. The van der Waals surface area contributed by atoms with Crippen LogP contribution in [0.1, 0.15) is 12.8 Å². The Morgan fingerprint density at radius 1 is 1.22 bits per heavy atom. The van der Waals surface area contributed by atoms with E-state index in [1.807, 2.05) is 0 Å². The van der Waals surface area contributed by atoms with E-state index in [0.29, 0.717) is 17.8 Å². The maximum atomic E-state index is 11.8. The molecular formula is C13H17N3O2. The predicted molar refractivity (Wildman–Crippen MR) is 70.6 cm³/mol. The third-order valence-corrected chi connectivity index (χ3v) is 3.53. The van der Waals surface area contributed by atoms with Crippen LogP contribution >= 0.6 is 0 Å². The first-order valence-corrected chi connectivity index (χ1v) is 6.35. The molecular weight excluding hydrogens is 230 g/mol. The Bertz CT molecular complexity index is 608. The largest absolute Gasteiger partial charge is 0.419 e. The van der Waals surface area contributed by atoms with Crippen molar-refractivity contribution in [1.82, 2.24) is 9.47 Å². The molecule has 0 unspecified atom stereocenters. The van der Waals surface area contributed by atoms with Crippen molar-refractivity contribution >= 4 is 16.8 Å². The van der Waals surface area contributed by atoms with Gasteiger partial charge in [-0.25, -0.2) is 4.79 Å². The van der Waals surface area contributed by atoms with Crippen LogP contribution in [0.15, 0.2) is 27.4 Å². The van der Waals surface area contributed by atoms with Gasteiger partial charge in [-0.3, -0.25) is 4.57 Å². The average molecular weight is 247 g/mol. The molecule has 0 aliphatic carbocycles. The smallest absolute Gasteiger partial charge is 0.408 e. The molecule has 1 aliphatic heterocycles. The van der Waals surface area contributed by atoms with Gasteiger partial charge in [-0.1, -0.05) is 0 Å². The fourth-order valence-corrected chi connectivity index (χ4v) is 2.54. The van der Waals surface area contributed by atoms with Gasteiger partial charge in [0.1, 0.15) is 0 Å². The Labute approximate surface area is 105 Å². The van der Waals surface area contributed by atoms with Gasteiger partial charge in [0.05, 0.1) is 5.52 Å². The zero-order valence-electron chi connectivity index (χ0n) is 10.3. The highest BCUT2D eigenvalue weighted by Gasteiger charge is 2.14. The van der Waals surface area contributed by atoms with Crippen molar-refractivity contribution in [2.24, 2.45) is 0 Å². The van der Waals surface area contributed by atoms with Crippen LogP contribution in [-0.2, 0) is 6.54 Å². The molecule has 2 heterocycles. The van der Waals surface area contributed by atoms with Crippen molar-refractivity contribution in [3.63, 3.8) is 0 Å². The summed E-state index contributed by atoms with van der Waals surface area (Å²) < 4.78 is 6.87. The molecule has 2 N–H and O–H groups in total. The highest BCUT2D eigenvalue weighted by atomic mass is 16.4. The van der Waals surface area contributed by atoms with Crippen molar-refractivity contribution in [2.45, 2.75) is 19.4 Å². The number of benzene rings is 1. The number of aromatic nitrogens is 1. The van der Waals surface area contributed by atoms with Crippen LogP contribution in [0.3, 0.4) is 0 Å². The quantitative estimate of drug-likeness (QED) is 0.830. The number of fused-ring (bicyclic) bond motifs is 1. The minimum Gasteiger partial charge on any atom is -0.408 e. The lowest BCUT2D eigenvalue weighted by molar-refractivity contribution is 0.318. The second-order valence-electron chi connectivity index (χ2n) is 4.80. The normalized spacial score (nSPS) is 16.7. The number of likely N-dealkylation sites (tertiary alicyclic amines) is 1. The summed E-state index contributed by atoms with van der Waals surface area (Å²) in [5, 5.41) is 0. The minimum atomic E-state index is -0.296. The molecule has 5 heteroatoms. The van der Waals surface area contributed by atoms with Crippen molar-refractivity contribution < 1.29 is 4.42 Å². The van der Waals surface area contributed by atoms with E-state index in [4.69, 9.17) is 10.2 Å². The van der Waals surface area contributed by atoms with Crippen molar-refractivity contribution in [3.8, 4) is 0 Å². The number of hydrogen-bond acceptors (Lipinski definition) is 4. The summed E-state index contributed by atoms with van der Waals surface area (Å²) >= 11 is 0. The molecule has 0 atom stereocenters. The summed E-state index contributed by atoms with van der Waals surface area (Å²) in [6.07, 6.45) is 2.52. The Morgan fingerprint density at radius 3 is 2.78 bits per heavy atom. The molecule has 1 aliphatic rings. The Morgan fingerprint density at radius 2 is 2.00 bits per heavy atom. The van der Waals surface area contributed by atoms with E-state index in [1.165, 1.54) is 12.8 Å². The Balaban J connectivity index is 1.87. The van der Waals surface area contributed by atoms with Crippen molar-refractivity contribution in [3.05, 3.63) is 28.7 Å². The molecule has 0 spiro atoms. The van der Waals surface area contributed by atoms with Gasteiger partial charge < -0.3 is 15.1 Å². The summed E-state index contributed by atoms with van der Waals surface area (Å²) in [5.41, 5.74) is 7.80. The molecule has 0 amide bonds. The first-order valence-electron chi connectivity index (χ1n) is 6.35. The predicted octanol–water partition coefficient (Wildman–Crippen LogP) is 1.27. The minimum absolute atomic E-state index is 0.296. The molecule has 3 rings (SSSR count). The van der Waals surface area contributed by atoms with Gasteiger partial charge in [-0.05, 0) is 44.1 Å². The van der Waals surface area contributed by atoms with Crippen LogP contribution in [0.4, 0.5) is 5.69 Å². The second kappa shape index (κ2) is 4.49. The van der Waals surface area contributed by atoms with Gasteiger partial charge in [-0.2, -0.15) is 0 Å². The van der Waals surface area contributed by atoms with Crippen LogP contribution in [0, 0.1) is 0 Å². The van der Waals surface area contributed by atoms with Gasteiger partial charge in [0, 0.05) is 18.8 Å². The number of rotatable bonds is 3. The highest BCUT2D eigenvalue weighted by molar-refractivity contribution is 5.76. The molecule has 18 heavy (non-hydrogen) atoms. The van der Waals surface area contributed by atoms with Crippen LogP contribution in [0.25, 0.3) is 11.1 Å². The lowest BCUT2D eigenvalue weighted by Crippen LogP contribution is -2.27. The third-order valence-electron chi connectivity index (χ3n) is 3.53. The lowest BCUT2D eigenvalue weighted by Gasteiger charge is -2.14. The molecule has 2 aromatic rings. The van der Waals surface area contributed by atoms with Gasteiger partial charge >= 0.3 is 5.76 Å². The number of oxazole rings is 1. The van der Waals surface area contributed by atoms with Gasteiger partial charge in [-0.15, -0.1) is 0 Å². The Kier molecular flexibility index (Phi) is 2.83. The first-order chi connectivity index (χ1) is 8.74. The Hall–Kier alpha value is -1.75. The SMILES string of the molecule is Nc1ccc2oc(=O)n(CCN3CCCC3)c2c1. The topological polar surface area (TPSA) is 64.4 Å². The molecule has 1 fully saturated rings. The second-order valence-corrected chi connectivity index (χ2v) is 4.80. The maximum Gasteiger partial charge on any atom is 0.419 e. The van der Waals surface area contributed by atoms with Gasteiger partial charge in [0.15, 0.2) is 5.58 Å². The fraction of sp³-hybridized carbons (Fsp3) is 0.462. The standard InChI is InChI=1S/C13H17N3O2/c14-10-3-4-12-11(9-10)16(13(17)18-12)8-7-15-5-1-2-6-15/h3-4,9H,1-2,5-8,14H2. The molecule has 0 saturated carbocycles. The van der Waals surface area contributed by atoms with E-state index in [0.717, 1.165) is 25.2 Å². The molecule has 1 saturated heterocycles.